The fraction of sp³-hybridized carbons (Fsp3) is 0.588. The van der Waals surface area contributed by atoms with Crippen molar-refractivity contribution in [3.05, 3.63) is 29.8 Å². The third kappa shape index (κ3) is 4.37. The molecular formula is C17H27N3O2. The Morgan fingerprint density at radius 1 is 1.45 bits per heavy atom. The molecule has 1 unspecified atom stereocenters. The minimum absolute atomic E-state index is 0.0102. The lowest BCUT2D eigenvalue weighted by atomic mass is 10.2. The van der Waals surface area contributed by atoms with Gasteiger partial charge in [0, 0.05) is 38.4 Å². The first-order valence-electron chi connectivity index (χ1n) is 8.06. The van der Waals surface area contributed by atoms with E-state index in [1.165, 1.54) is 11.3 Å². The quantitative estimate of drug-likeness (QED) is 0.907. The second kappa shape index (κ2) is 8.03. The minimum Gasteiger partial charge on any atom is -0.375 e. The summed E-state index contributed by atoms with van der Waals surface area (Å²) < 4.78 is 5.46. The predicted octanol–water partition coefficient (Wildman–Crippen LogP) is 2.25. The number of benzene rings is 1. The number of nitrogens with one attached hydrogen (secondary N) is 1. The van der Waals surface area contributed by atoms with Crippen LogP contribution in [0.1, 0.15) is 19.4 Å². The Hall–Kier alpha value is -1.75. The SMILES string of the molecule is CCN(CCNC(=O)N1CCOC(C)C1)c1ccccc1C. The first kappa shape index (κ1) is 16.6. The van der Waals surface area contributed by atoms with Gasteiger partial charge in [0.15, 0.2) is 0 Å². The van der Waals surface area contributed by atoms with E-state index in [2.05, 4.69) is 42.3 Å². The normalized spacial score (nSPS) is 18.1. The Balaban J connectivity index is 1.81. The van der Waals surface area contributed by atoms with Gasteiger partial charge >= 0.3 is 6.03 Å². The molecule has 1 aliphatic rings. The van der Waals surface area contributed by atoms with Crippen LogP contribution >= 0.6 is 0 Å². The molecule has 1 atom stereocenters. The van der Waals surface area contributed by atoms with Crippen LogP contribution in [-0.4, -0.2) is 56.4 Å². The van der Waals surface area contributed by atoms with E-state index in [0.29, 0.717) is 26.2 Å². The molecular weight excluding hydrogens is 278 g/mol. The van der Waals surface area contributed by atoms with Crippen molar-refractivity contribution in [1.29, 1.82) is 0 Å². The average Bonchev–Trinajstić information content (AvgIpc) is 2.52. The van der Waals surface area contributed by atoms with Crippen molar-refractivity contribution in [1.82, 2.24) is 10.2 Å². The number of nitrogens with zero attached hydrogens (tertiary/aromatic N) is 2. The van der Waals surface area contributed by atoms with Gasteiger partial charge in [-0.3, -0.25) is 0 Å². The van der Waals surface area contributed by atoms with E-state index in [4.69, 9.17) is 4.74 Å². The van der Waals surface area contributed by atoms with Gasteiger partial charge in [-0.25, -0.2) is 4.79 Å². The van der Waals surface area contributed by atoms with Crippen LogP contribution in [0.5, 0.6) is 0 Å². The molecule has 1 heterocycles. The fourth-order valence-electron chi connectivity index (χ4n) is 2.78. The third-order valence-electron chi connectivity index (χ3n) is 4.02. The Kier molecular flexibility index (Phi) is 6.07. The summed E-state index contributed by atoms with van der Waals surface area (Å²) in [7, 11) is 0. The minimum atomic E-state index is 0.0102. The number of carbonyl (C=O) groups is 1. The number of ether oxygens (including phenoxy) is 1. The molecule has 122 valence electrons. The van der Waals surface area contributed by atoms with Gasteiger partial charge < -0.3 is 19.9 Å². The molecule has 0 radical (unpaired) electrons. The highest BCUT2D eigenvalue weighted by atomic mass is 16.5. The number of aryl methyl sites for hydroxylation is 1. The van der Waals surface area contributed by atoms with Crippen LogP contribution in [0.15, 0.2) is 24.3 Å². The molecule has 1 aliphatic heterocycles. The van der Waals surface area contributed by atoms with Gasteiger partial charge in [-0.2, -0.15) is 0 Å². The molecule has 22 heavy (non-hydrogen) atoms. The smallest absolute Gasteiger partial charge is 0.317 e. The second-order valence-corrected chi connectivity index (χ2v) is 5.73. The van der Waals surface area contributed by atoms with Crippen LogP contribution in [0.25, 0.3) is 0 Å². The van der Waals surface area contributed by atoms with E-state index < -0.39 is 0 Å². The Morgan fingerprint density at radius 2 is 2.23 bits per heavy atom. The largest absolute Gasteiger partial charge is 0.375 e. The lowest BCUT2D eigenvalue weighted by molar-refractivity contribution is -0.00341. The van der Waals surface area contributed by atoms with E-state index in [-0.39, 0.29) is 12.1 Å². The molecule has 1 saturated heterocycles. The van der Waals surface area contributed by atoms with Gasteiger partial charge in [0.25, 0.3) is 0 Å². The lowest BCUT2D eigenvalue weighted by Crippen LogP contribution is -2.50. The molecule has 5 heteroatoms. The highest BCUT2D eigenvalue weighted by molar-refractivity contribution is 5.74. The second-order valence-electron chi connectivity index (χ2n) is 5.73. The number of likely N-dealkylation sites (N-methyl/N-ethyl adjacent to an activating group) is 1. The summed E-state index contributed by atoms with van der Waals surface area (Å²) in [5.74, 6) is 0. The Bertz CT molecular complexity index is 493. The van der Waals surface area contributed by atoms with E-state index in [9.17, 15) is 4.79 Å². The molecule has 2 rings (SSSR count). The highest BCUT2D eigenvalue weighted by Crippen LogP contribution is 2.18. The summed E-state index contributed by atoms with van der Waals surface area (Å²) in [5, 5.41) is 3.02. The van der Waals surface area contributed by atoms with Crippen LogP contribution in [0.4, 0.5) is 10.5 Å². The summed E-state index contributed by atoms with van der Waals surface area (Å²) >= 11 is 0. The zero-order valence-corrected chi connectivity index (χ0v) is 13.8. The summed E-state index contributed by atoms with van der Waals surface area (Å²) in [6, 6.07) is 8.36. The molecule has 1 N–H and O–H groups in total. The van der Waals surface area contributed by atoms with Crippen molar-refractivity contribution in [3.63, 3.8) is 0 Å². The maximum atomic E-state index is 12.2. The number of rotatable bonds is 5. The maximum absolute atomic E-state index is 12.2. The average molecular weight is 305 g/mol. The number of hydrogen-bond donors (Lipinski definition) is 1. The summed E-state index contributed by atoms with van der Waals surface area (Å²) in [4.78, 5) is 16.3. The first-order valence-corrected chi connectivity index (χ1v) is 8.06. The van der Waals surface area contributed by atoms with Crippen molar-refractivity contribution >= 4 is 11.7 Å². The van der Waals surface area contributed by atoms with Crippen LogP contribution in [0, 0.1) is 6.92 Å². The van der Waals surface area contributed by atoms with E-state index in [1.807, 2.05) is 17.9 Å². The van der Waals surface area contributed by atoms with Crippen LogP contribution in [-0.2, 0) is 4.74 Å². The number of anilines is 1. The summed E-state index contributed by atoms with van der Waals surface area (Å²) in [6.45, 7) is 10.6. The monoisotopic (exact) mass is 305 g/mol. The number of amides is 2. The molecule has 0 aromatic heterocycles. The number of para-hydroxylation sites is 1. The van der Waals surface area contributed by atoms with Gasteiger partial charge in [-0.05, 0) is 32.4 Å². The highest BCUT2D eigenvalue weighted by Gasteiger charge is 2.21. The van der Waals surface area contributed by atoms with Crippen LogP contribution < -0.4 is 10.2 Å². The van der Waals surface area contributed by atoms with Gasteiger partial charge in [0.1, 0.15) is 0 Å². The Morgan fingerprint density at radius 3 is 2.91 bits per heavy atom. The van der Waals surface area contributed by atoms with Crippen molar-refractivity contribution in [2.45, 2.75) is 26.9 Å². The predicted molar refractivity (Wildman–Crippen MR) is 89.5 cm³/mol. The molecule has 0 spiro atoms. The fourth-order valence-corrected chi connectivity index (χ4v) is 2.78. The van der Waals surface area contributed by atoms with Crippen LogP contribution in [0.3, 0.4) is 0 Å². The molecule has 5 nitrogen and oxygen atoms in total. The zero-order valence-electron chi connectivity index (χ0n) is 13.8. The van der Waals surface area contributed by atoms with E-state index in [0.717, 1.165) is 13.1 Å². The standard InChI is InChI=1S/C17H27N3O2/c1-4-19(16-8-6-5-7-14(16)2)10-9-18-17(21)20-11-12-22-15(3)13-20/h5-8,15H,4,9-13H2,1-3H3,(H,18,21). The summed E-state index contributed by atoms with van der Waals surface area (Å²) in [6.07, 6.45) is 0.124. The topological polar surface area (TPSA) is 44.8 Å². The van der Waals surface area contributed by atoms with E-state index in [1.54, 1.807) is 0 Å². The molecule has 1 aromatic carbocycles. The van der Waals surface area contributed by atoms with Crippen molar-refractivity contribution < 1.29 is 9.53 Å². The van der Waals surface area contributed by atoms with Gasteiger partial charge in [0.2, 0.25) is 0 Å². The molecule has 1 aromatic rings. The molecule has 0 aliphatic carbocycles. The zero-order chi connectivity index (χ0) is 15.9. The number of carbonyl (C=O) groups excluding carboxylic acids is 1. The number of hydrogen-bond acceptors (Lipinski definition) is 3. The van der Waals surface area contributed by atoms with Crippen LogP contribution in [0.2, 0.25) is 0 Å². The van der Waals surface area contributed by atoms with Crippen molar-refractivity contribution in [2.75, 3.05) is 44.2 Å². The Labute approximate surface area is 133 Å². The molecule has 0 bridgehead atoms. The lowest BCUT2D eigenvalue weighted by Gasteiger charge is -2.31. The third-order valence-corrected chi connectivity index (χ3v) is 4.02. The van der Waals surface area contributed by atoms with Crippen molar-refractivity contribution in [2.24, 2.45) is 0 Å². The maximum Gasteiger partial charge on any atom is 0.317 e. The van der Waals surface area contributed by atoms with Gasteiger partial charge in [-0.15, -0.1) is 0 Å². The summed E-state index contributed by atoms with van der Waals surface area (Å²) in [5.41, 5.74) is 2.50. The molecule has 2 amide bonds. The first-order chi connectivity index (χ1) is 10.6. The molecule has 0 saturated carbocycles. The van der Waals surface area contributed by atoms with Crippen molar-refractivity contribution in [3.8, 4) is 0 Å². The van der Waals surface area contributed by atoms with Gasteiger partial charge in [-0.1, -0.05) is 18.2 Å². The molecule has 1 fully saturated rings. The van der Waals surface area contributed by atoms with Gasteiger partial charge in [0.05, 0.1) is 12.7 Å². The van der Waals surface area contributed by atoms with E-state index >= 15 is 0 Å². The number of morpholine rings is 1. The number of urea groups is 1.